The average molecular weight is 356 g/mol. The maximum atomic E-state index is 11.8. The van der Waals surface area contributed by atoms with Crippen LogP contribution in [-0.4, -0.2) is 23.0 Å². The van der Waals surface area contributed by atoms with Crippen molar-refractivity contribution in [1.82, 2.24) is 9.97 Å². The first-order valence-corrected chi connectivity index (χ1v) is 8.64. The number of nitrogens with two attached hydrogens (primary N) is 1. The number of amides is 1. The number of aromatic nitrogens is 2. The molecule has 0 unspecified atom stereocenters. The van der Waals surface area contributed by atoms with E-state index in [9.17, 15) is 4.79 Å². The first-order chi connectivity index (χ1) is 12.1. The Kier molecular flexibility index (Phi) is 3.89. The van der Waals surface area contributed by atoms with E-state index in [1.807, 2.05) is 0 Å². The number of nitrogens with one attached hydrogen (secondary N) is 1. The predicted octanol–water partition coefficient (Wildman–Crippen LogP) is 3.42. The fourth-order valence-electron chi connectivity index (χ4n) is 2.35. The number of hydrogen-bond donors (Lipinski definition) is 2. The summed E-state index contributed by atoms with van der Waals surface area (Å²) in [4.78, 5) is 21.4. The summed E-state index contributed by atoms with van der Waals surface area (Å²) in [6, 6.07) is 8.68. The minimum atomic E-state index is 0.0278. The number of carbonyl (C=O) groups excluding carboxylic acids is 1. The Labute approximate surface area is 147 Å². The number of hydrogen-bond acceptors (Lipinski definition) is 7. The van der Waals surface area contributed by atoms with Gasteiger partial charge in [0.1, 0.15) is 10.3 Å². The van der Waals surface area contributed by atoms with Crippen LogP contribution >= 0.6 is 11.3 Å². The number of fused-ring (bicyclic) bond motifs is 1. The highest BCUT2D eigenvalue weighted by Gasteiger charge is 2.30. The van der Waals surface area contributed by atoms with Crippen LogP contribution in [0.4, 0.5) is 10.8 Å². The van der Waals surface area contributed by atoms with Gasteiger partial charge in [-0.1, -0.05) is 11.3 Å². The number of pyridine rings is 1. The molecule has 4 rings (SSSR count). The summed E-state index contributed by atoms with van der Waals surface area (Å²) in [5.41, 5.74) is 7.08. The third-order valence-corrected chi connectivity index (χ3v) is 4.69. The molecule has 0 spiro atoms. The third-order valence-electron chi connectivity index (χ3n) is 3.81. The Morgan fingerprint density at radius 3 is 2.84 bits per heavy atom. The van der Waals surface area contributed by atoms with Crippen LogP contribution in [0.25, 0.3) is 10.3 Å². The number of anilines is 2. The summed E-state index contributed by atoms with van der Waals surface area (Å²) in [5, 5.41) is 3.39. The second kappa shape index (κ2) is 6.21. The number of rotatable bonds is 5. The molecular formula is C17H16N4O3S. The molecule has 2 aromatic heterocycles. The van der Waals surface area contributed by atoms with Crippen LogP contribution in [0, 0.1) is 5.92 Å². The molecule has 1 saturated carbocycles. The summed E-state index contributed by atoms with van der Waals surface area (Å²) in [6.07, 6.45) is 1.91. The van der Waals surface area contributed by atoms with Gasteiger partial charge >= 0.3 is 0 Å². The largest absolute Gasteiger partial charge is 0.493 e. The van der Waals surface area contributed by atoms with E-state index in [4.69, 9.17) is 15.2 Å². The van der Waals surface area contributed by atoms with E-state index in [0.717, 1.165) is 12.8 Å². The SMILES string of the molecule is COc1ccc(N)cc1Oc1ccc2nc(NC(=O)C3CC3)sc2n1. The molecule has 1 amide bonds. The first kappa shape index (κ1) is 15.6. The summed E-state index contributed by atoms with van der Waals surface area (Å²) >= 11 is 1.32. The smallest absolute Gasteiger partial charge is 0.229 e. The Morgan fingerprint density at radius 2 is 2.08 bits per heavy atom. The fourth-order valence-corrected chi connectivity index (χ4v) is 3.18. The van der Waals surface area contributed by atoms with E-state index in [2.05, 4.69) is 15.3 Å². The summed E-state index contributed by atoms with van der Waals surface area (Å²) in [7, 11) is 1.56. The van der Waals surface area contributed by atoms with Gasteiger partial charge in [0, 0.05) is 23.7 Å². The van der Waals surface area contributed by atoms with Crippen molar-refractivity contribution < 1.29 is 14.3 Å². The number of ether oxygens (including phenoxy) is 2. The van der Waals surface area contributed by atoms with Crippen LogP contribution in [0.5, 0.6) is 17.4 Å². The minimum absolute atomic E-state index is 0.0278. The number of thiazole rings is 1. The third kappa shape index (κ3) is 3.34. The van der Waals surface area contributed by atoms with Crippen LogP contribution in [-0.2, 0) is 4.79 Å². The summed E-state index contributed by atoms with van der Waals surface area (Å²) < 4.78 is 11.1. The van der Waals surface area contributed by atoms with Crippen molar-refractivity contribution in [2.24, 2.45) is 5.92 Å². The molecule has 3 aromatic rings. The Morgan fingerprint density at radius 1 is 1.24 bits per heavy atom. The van der Waals surface area contributed by atoms with Gasteiger partial charge in [0.2, 0.25) is 11.8 Å². The van der Waals surface area contributed by atoms with Gasteiger partial charge in [0.05, 0.1) is 7.11 Å². The second-order valence-corrected chi connectivity index (χ2v) is 6.75. The molecule has 1 aromatic carbocycles. The molecule has 1 fully saturated rings. The standard InChI is InChI=1S/C17H16N4O3S/c1-23-12-6-4-10(18)8-13(12)24-14-7-5-11-16(20-14)25-17(19-11)21-15(22)9-2-3-9/h4-9H,2-3,18H2,1H3,(H,19,21,22). The zero-order chi connectivity index (χ0) is 17.4. The number of carbonyl (C=O) groups is 1. The van der Waals surface area contributed by atoms with Gasteiger partial charge in [0.25, 0.3) is 0 Å². The van der Waals surface area contributed by atoms with E-state index in [-0.39, 0.29) is 11.8 Å². The highest BCUT2D eigenvalue weighted by molar-refractivity contribution is 7.21. The molecule has 2 heterocycles. The fraction of sp³-hybridized carbons (Fsp3) is 0.235. The molecule has 25 heavy (non-hydrogen) atoms. The van der Waals surface area contributed by atoms with Gasteiger partial charge in [-0.2, -0.15) is 0 Å². The lowest BCUT2D eigenvalue weighted by atomic mass is 10.3. The Balaban J connectivity index is 1.58. The lowest BCUT2D eigenvalue weighted by molar-refractivity contribution is -0.117. The molecule has 0 aliphatic heterocycles. The zero-order valence-electron chi connectivity index (χ0n) is 13.5. The lowest BCUT2D eigenvalue weighted by Crippen LogP contribution is -2.12. The van der Waals surface area contributed by atoms with Gasteiger partial charge in [-0.15, -0.1) is 0 Å². The van der Waals surface area contributed by atoms with E-state index in [0.29, 0.717) is 38.5 Å². The Hall–Kier alpha value is -2.87. The summed E-state index contributed by atoms with van der Waals surface area (Å²) in [6.45, 7) is 0. The average Bonchev–Trinajstić information content (AvgIpc) is 3.36. The number of nitrogen functional groups attached to an aromatic ring is 1. The molecule has 1 aliphatic carbocycles. The molecule has 1 aliphatic rings. The Bertz CT molecular complexity index is 952. The van der Waals surface area contributed by atoms with Crippen LogP contribution in [0.3, 0.4) is 0 Å². The van der Waals surface area contributed by atoms with Crippen molar-refractivity contribution >= 4 is 38.4 Å². The maximum absolute atomic E-state index is 11.8. The van der Waals surface area contributed by atoms with Crippen LogP contribution < -0.4 is 20.5 Å². The van der Waals surface area contributed by atoms with Crippen molar-refractivity contribution in [2.75, 3.05) is 18.2 Å². The van der Waals surface area contributed by atoms with Crippen LogP contribution in [0.1, 0.15) is 12.8 Å². The highest BCUT2D eigenvalue weighted by atomic mass is 32.1. The highest BCUT2D eigenvalue weighted by Crippen LogP contribution is 2.35. The zero-order valence-corrected chi connectivity index (χ0v) is 14.3. The molecule has 0 radical (unpaired) electrons. The second-order valence-electron chi connectivity index (χ2n) is 5.77. The molecule has 7 nitrogen and oxygen atoms in total. The van der Waals surface area contributed by atoms with Gasteiger partial charge in [-0.3, -0.25) is 4.79 Å². The van der Waals surface area contributed by atoms with E-state index < -0.39 is 0 Å². The van der Waals surface area contributed by atoms with E-state index >= 15 is 0 Å². The van der Waals surface area contributed by atoms with E-state index in [1.165, 1.54) is 11.3 Å². The van der Waals surface area contributed by atoms with Crippen molar-refractivity contribution in [3.8, 4) is 17.4 Å². The van der Waals surface area contributed by atoms with Crippen LogP contribution in [0.2, 0.25) is 0 Å². The minimum Gasteiger partial charge on any atom is -0.493 e. The lowest BCUT2D eigenvalue weighted by Gasteiger charge is -2.10. The quantitative estimate of drug-likeness (QED) is 0.680. The molecule has 8 heteroatoms. The number of methoxy groups -OCH3 is 1. The molecular weight excluding hydrogens is 340 g/mol. The van der Waals surface area contributed by atoms with Crippen molar-refractivity contribution in [3.63, 3.8) is 0 Å². The van der Waals surface area contributed by atoms with E-state index in [1.54, 1.807) is 37.4 Å². The topological polar surface area (TPSA) is 99.4 Å². The maximum Gasteiger partial charge on any atom is 0.229 e. The van der Waals surface area contributed by atoms with Crippen LogP contribution in [0.15, 0.2) is 30.3 Å². The van der Waals surface area contributed by atoms with Crippen molar-refractivity contribution in [1.29, 1.82) is 0 Å². The molecule has 128 valence electrons. The normalized spacial score (nSPS) is 13.6. The van der Waals surface area contributed by atoms with Crippen molar-refractivity contribution in [2.45, 2.75) is 12.8 Å². The van der Waals surface area contributed by atoms with Gasteiger partial charge in [0.15, 0.2) is 16.6 Å². The number of benzene rings is 1. The van der Waals surface area contributed by atoms with Gasteiger partial charge in [-0.25, -0.2) is 9.97 Å². The first-order valence-electron chi connectivity index (χ1n) is 7.82. The van der Waals surface area contributed by atoms with Gasteiger partial charge in [-0.05, 0) is 31.0 Å². The predicted molar refractivity (Wildman–Crippen MR) is 96.2 cm³/mol. The molecule has 3 N–H and O–H groups in total. The number of nitrogens with zero attached hydrogens (tertiary/aromatic N) is 2. The summed E-state index contributed by atoms with van der Waals surface area (Å²) in [5.74, 6) is 1.62. The molecule has 0 bridgehead atoms. The molecule has 0 saturated heterocycles. The van der Waals surface area contributed by atoms with Gasteiger partial charge < -0.3 is 20.5 Å². The molecule has 0 atom stereocenters. The monoisotopic (exact) mass is 356 g/mol. The van der Waals surface area contributed by atoms with Crippen molar-refractivity contribution in [3.05, 3.63) is 30.3 Å².